The average molecular weight is 426 g/mol. The predicted octanol–water partition coefficient (Wildman–Crippen LogP) is 2.66. The number of nitrogens with two attached hydrogens (primary N) is 1. The molecule has 1 aliphatic heterocycles. The summed E-state index contributed by atoms with van der Waals surface area (Å²) in [5.41, 5.74) is 6.83. The Bertz CT molecular complexity index is 929. The van der Waals surface area contributed by atoms with Gasteiger partial charge in [-0.1, -0.05) is 24.3 Å². The van der Waals surface area contributed by atoms with Crippen molar-refractivity contribution in [1.29, 1.82) is 0 Å². The van der Waals surface area contributed by atoms with Gasteiger partial charge in [0.15, 0.2) is 0 Å². The van der Waals surface area contributed by atoms with Gasteiger partial charge in [-0.25, -0.2) is 8.42 Å². The number of hydrogen-bond acceptors (Lipinski definition) is 5. The van der Waals surface area contributed by atoms with Gasteiger partial charge < -0.3 is 15.8 Å². The van der Waals surface area contributed by atoms with Gasteiger partial charge in [0.25, 0.3) is 10.0 Å². The second kappa shape index (κ2) is 8.91. The molecule has 0 saturated carbocycles. The van der Waals surface area contributed by atoms with Crippen LogP contribution in [0, 0.1) is 6.92 Å². The van der Waals surface area contributed by atoms with Gasteiger partial charge in [-0.15, -0.1) is 12.4 Å². The molecule has 0 atom stereocenters. The van der Waals surface area contributed by atoms with Gasteiger partial charge in [0, 0.05) is 18.9 Å². The SMILES string of the molecule is Cc1ccc(NC(=O)C2(N)CCOCC2)cc1NS(=O)(=O)c1ccccc1.Cl. The van der Waals surface area contributed by atoms with E-state index in [0.717, 1.165) is 5.56 Å². The van der Waals surface area contributed by atoms with Crippen LogP contribution in [-0.2, 0) is 19.6 Å². The minimum Gasteiger partial charge on any atom is -0.381 e. The van der Waals surface area contributed by atoms with Crippen molar-refractivity contribution >= 4 is 39.7 Å². The smallest absolute Gasteiger partial charge is 0.261 e. The Labute approximate surface area is 171 Å². The van der Waals surface area contributed by atoms with Crippen molar-refractivity contribution in [2.24, 2.45) is 5.73 Å². The van der Waals surface area contributed by atoms with Crippen LogP contribution in [0.25, 0.3) is 0 Å². The van der Waals surface area contributed by atoms with E-state index >= 15 is 0 Å². The lowest BCUT2D eigenvalue weighted by molar-refractivity contribution is -0.124. The molecular weight excluding hydrogens is 402 g/mol. The second-order valence-electron chi connectivity index (χ2n) is 6.67. The quantitative estimate of drug-likeness (QED) is 0.682. The minimum atomic E-state index is -3.72. The number of carbonyl (C=O) groups excluding carboxylic acids is 1. The van der Waals surface area contributed by atoms with Crippen molar-refractivity contribution in [2.45, 2.75) is 30.2 Å². The summed E-state index contributed by atoms with van der Waals surface area (Å²) in [5.74, 6) is -0.300. The van der Waals surface area contributed by atoms with Crippen molar-refractivity contribution in [2.75, 3.05) is 23.3 Å². The van der Waals surface area contributed by atoms with E-state index in [9.17, 15) is 13.2 Å². The van der Waals surface area contributed by atoms with E-state index in [1.165, 1.54) is 12.1 Å². The number of anilines is 2. The molecule has 3 rings (SSSR count). The van der Waals surface area contributed by atoms with E-state index in [1.54, 1.807) is 43.3 Å². The number of sulfonamides is 1. The molecule has 0 bridgehead atoms. The Morgan fingerprint density at radius 3 is 2.39 bits per heavy atom. The van der Waals surface area contributed by atoms with Gasteiger partial charge in [-0.2, -0.15) is 0 Å². The number of hydrogen-bond donors (Lipinski definition) is 3. The molecule has 0 aromatic heterocycles. The Hall–Kier alpha value is -2.13. The fraction of sp³-hybridized carbons (Fsp3) is 0.316. The predicted molar refractivity (Wildman–Crippen MR) is 111 cm³/mol. The Morgan fingerprint density at radius 2 is 1.75 bits per heavy atom. The fourth-order valence-electron chi connectivity index (χ4n) is 2.83. The van der Waals surface area contributed by atoms with Gasteiger partial charge >= 0.3 is 0 Å². The molecule has 0 radical (unpaired) electrons. The minimum absolute atomic E-state index is 0. The molecular formula is C19H24ClN3O4S. The van der Waals surface area contributed by atoms with Crippen molar-refractivity contribution in [3.63, 3.8) is 0 Å². The molecule has 4 N–H and O–H groups in total. The van der Waals surface area contributed by atoms with Gasteiger partial charge in [0.1, 0.15) is 5.54 Å². The molecule has 1 heterocycles. The van der Waals surface area contributed by atoms with Gasteiger partial charge in [0.05, 0.1) is 10.6 Å². The molecule has 1 amide bonds. The first kappa shape index (κ1) is 22.2. The topological polar surface area (TPSA) is 111 Å². The average Bonchev–Trinajstić information content (AvgIpc) is 2.65. The van der Waals surface area contributed by atoms with E-state index < -0.39 is 15.6 Å². The molecule has 9 heteroatoms. The summed E-state index contributed by atoms with van der Waals surface area (Å²) in [6, 6.07) is 13.2. The Kier molecular flexibility index (Phi) is 7.06. The molecule has 0 aliphatic carbocycles. The summed E-state index contributed by atoms with van der Waals surface area (Å²) in [4.78, 5) is 12.7. The first-order chi connectivity index (χ1) is 12.8. The number of carbonyl (C=O) groups is 1. The van der Waals surface area contributed by atoms with Gasteiger partial charge in [0.2, 0.25) is 5.91 Å². The number of aryl methyl sites for hydroxylation is 1. The van der Waals surface area contributed by atoms with Gasteiger partial charge in [-0.05, 0) is 49.6 Å². The highest BCUT2D eigenvalue weighted by atomic mass is 35.5. The standard InChI is InChI=1S/C19H23N3O4S.ClH/c1-14-7-8-15(21-18(23)19(20)9-11-26-12-10-19)13-17(14)22-27(24,25)16-5-3-2-4-6-16;/h2-8,13,22H,9-12,20H2,1H3,(H,21,23);1H. The van der Waals surface area contributed by atoms with Crippen molar-refractivity contribution < 1.29 is 17.9 Å². The van der Waals surface area contributed by atoms with Crippen LogP contribution in [-0.4, -0.2) is 33.1 Å². The first-order valence-corrected chi connectivity index (χ1v) is 10.2. The summed E-state index contributed by atoms with van der Waals surface area (Å²) in [7, 11) is -3.72. The number of ether oxygens (including phenoxy) is 1. The van der Waals surface area contributed by atoms with E-state index in [4.69, 9.17) is 10.5 Å². The lowest BCUT2D eigenvalue weighted by Gasteiger charge is -2.31. The third-order valence-corrected chi connectivity index (χ3v) is 6.01. The Balaban J connectivity index is 0.00000280. The zero-order valence-corrected chi connectivity index (χ0v) is 17.1. The molecule has 28 heavy (non-hydrogen) atoms. The molecule has 0 unspecified atom stereocenters. The summed E-state index contributed by atoms with van der Waals surface area (Å²) in [5, 5.41) is 2.79. The highest BCUT2D eigenvalue weighted by molar-refractivity contribution is 7.92. The molecule has 152 valence electrons. The van der Waals surface area contributed by atoms with Gasteiger partial charge in [-0.3, -0.25) is 9.52 Å². The number of nitrogens with one attached hydrogen (secondary N) is 2. The molecule has 1 fully saturated rings. The van der Waals surface area contributed by atoms with E-state index in [1.807, 2.05) is 0 Å². The fourth-order valence-corrected chi connectivity index (χ4v) is 3.97. The van der Waals surface area contributed by atoms with Crippen LogP contribution < -0.4 is 15.8 Å². The molecule has 1 saturated heterocycles. The highest BCUT2D eigenvalue weighted by Crippen LogP contribution is 2.25. The number of amides is 1. The van der Waals surface area contributed by atoms with E-state index in [0.29, 0.717) is 37.4 Å². The maximum atomic E-state index is 12.6. The Morgan fingerprint density at radius 1 is 1.11 bits per heavy atom. The van der Waals surface area contributed by atoms with E-state index in [2.05, 4.69) is 10.0 Å². The number of halogens is 1. The maximum Gasteiger partial charge on any atom is 0.261 e. The highest BCUT2D eigenvalue weighted by Gasteiger charge is 2.36. The monoisotopic (exact) mass is 425 g/mol. The normalized spacial score (nSPS) is 15.9. The third kappa shape index (κ3) is 5.02. The summed E-state index contributed by atoms with van der Waals surface area (Å²) >= 11 is 0. The van der Waals surface area contributed by atoms with Crippen LogP contribution in [0.1, 0.15) is 18.4 Å². The maximum absolute atomic E-state index is 12.6. The van der Waals surface area contributed by atoms with Crippen LogP contribution in [0.4, 0.5) is 11.4 Å². The van der Waals surface area contributed by atoms with Crippen molar-refractivity contribution in [3.8, 4) is 0 Å². The largest absolute Gasteiger partial charge is 0.381 e. The van der Waals surface area contributed by atoms with Crippen LogP contribution in [0.5, 0.6) is 0 Å². The zero-order valence-electron chi connectivity index (χ0n) is 15.5. The zero-order chi connectivity index (χ0) is 19.5. The summed E-state index contributed by atoms with van der Waals surface area (Å²) in [6.45, 7) is 2.68. The van der Waals surface area contributed by atoms with Crippen LogP contribution in [0.2, 0.25) is 0 Å². The lowest BCUT2D eigenvalue weighted by atomic mass is 9.90. The lowest BCUT2D eigenvalue weighted by Crippen LogP contribution is -2.54. The van der Waals surface area contributed by atoms with Crippen molar-refractivity contribution in [1.82, 2.24) is 0 Å². The van der Waals surface area contributed by atoms with E-state index in [-0.39, 0.29) is 23.2 Å². The number of benzene rings is 2. The van der Waals surface area contributed by atoms with Crippen LogP contribution in [0.15, 0.2) is 53.4 Å². The summed E-state index contributed by atoms with van der Waals surface area (Å²) < 4.78 is 32.9. The van der Waals surface area contributed by atoms with Crippen LogP contribution >= 0.6 is 12.4 Å². The van der Waals surface area contributed by atoms with Crippen LogP contribution in [0.3, 0.4) is 0 Å². The molecule has 2 aromatic carbocycles. The molecule has 0 spiro atoms. The molecule has 7 nitrogen and oxygen atoms in total. The second-order valence-corrected chi connectivity index (χ2v) is 8.35. The first-order valence-electron chi connectivity index (χ1n) is 8.67. The number of rotatable bonds is 5. The molecule has 1 aliphatic rings. The van der Waals surface area contributed by atoms with Crippen molar-refractivity contribution in [3.05, 3.63) is 54.1 Å². The summed E-state index contributed by atoms with van der Waals surface area (Å²) in [6.07, 6.45) is 0.885. The molecule has 2 aromatic rings. The third-order valence-electron chi connectivity index (χ3n) is 4.63.